The van der Waals surface area contributed by atoms with Crippen LogP contribution in [0.2, 0.25) is 5.02 Å². The van der Waals surface area contributed by atoms with Gasteiger partial charge in [0.25, 0.3) is 0 Å². The lowest BCUT2D eigenvalue weighted by atomic mass is 10.2. The van der Waals surface area contributed by atoms with Crippen LogP contribution in [0.15, 0.2) is 18.2 Å². The molecule has 1 N–H and O–H groups in total. The Balaban J connectivity index is 2.71. The van der Waals surface area contributed by atoms with Gasteiger partial charge in [0.15, 0.2) is 0 Å². The molecular weight excluding hydrogens is 200 g/mol. The summed E-state index contributed by atoms with van der Waals surface area (Å²) in [5.74, 6) is 2.30. The standard InChI is InChI=1S/C10H7ClN2O/c1-2-5-14-13-10-4-3-8(7-12)6-9(10)11/h1,3-4,6,13H,5H2. The van der Waals surface area contributed by atoms with E-state index in [2.05, 4.69) is 11.4 Å². The second-order valence-electron chi connectivity index (χ2n) is 2.40. The lowest BCUT2D eigenvalue weighted by molar-refractivity contribution is 0.234. The van der Waals surface area contributed by atoms with E-state index < -0.39 is 0 Å². The number of terminal acetylenes is 1. The minimum absolute atomic E-state index is 0.149. The van der Waals surface area contributed by atoms with Crippen molar-refractivity contribution in [2.45, 2.75) is 0 Å². The first-order valence-electron chi connectivity index (χ1n) is 3.79. The summed E-state index contributed by atoms with van der Waals surface area (Å²) in [4.78, 5) is 4.87. The zero-order valence-corrected chi connectivity index (χ0v) is 8.01. The van der Waals surface area contributed by atoms with Gasteiger partial charge in [0, 0.05) is 0 Å². The zero-order valence-electron chi connectivity index (χ0n) is 7.25. The number of hydrogen-bond acceptors (Lipinski definition) is 3. The highest BCUT2D eigenvalue weighted by molar-refractivity contribution is 6.33. The number of nitriles is 1. The van der Waals surface area contributed by atoms with E-state index in [-0.39, 0.29) is 6.61 Å². The lowest BCUT2D eigenvalue weighted by Crippen LogP contribution is -2.01. The van der Waals surface area contributed by atoms with Crippen molar-refractivity contribution in [3.8, 4) is 18.4 Å². The maximum absolute atomic E-state index is 8.58. The molecule has 0 atom stereocenters. The minimum Gasteiger partial charge on any atom is -0.264 e. The molecule has 0 saturated carbocycles. The number of halogens is 1. The topological polar surface area (TPSA) is 45.0 Å². The third kappa shape index (κ3) is 2.67. The Labute approximate surface area is 87.2 Å². The molecule has 70 valence electrons. The van der Waals surface area contributed by atoms with Crippen LogP contribution in [-0.2, 0) is 4.84 Å². The van der Waals surface area contributed by atoms with Crippen molar-refractivity contribution in [3.05, 3.63) is 28.8 Å². The van der Waals surface area contributed by atoms with Gasteiger partial charge in [-0.3, -0.25) is 10.3 Å². The maximum atomic E-state index is 8.58. The molecule has 0 spiro atoms. The molecule has 1 rings (SSSR count). The minimum atomic E-state index is 0.149. The van der Waals surface area contributed by atoms with Gasteiger partial charge in [-0.2, -0.15) is 5.26 Å². The summed E-state index contributed by atoms with van der Waals surface area (Å²) < 4.78 is 0. The molecule has 0 aliphatic heterocycles. The third-order valence-electron chi connectivity index (χ3n) is 1.44. The van der Waals surface area contributed by atoms with Gasteiger partial charge in [0.1, 0.15) is 6.61 Å². The molecule has 3 nitrogen and oxygen atoms in total. The van der Waals surface area contributed by atoms with Crippen molar-refractivity contribution in [3.63, 3.8) is 0 Å². The van der Waals surface area contributed by atoms with Gasteiger partial charge in [-0.15, -0.1) is 6.42 Å². The first-order chi connectivity index (χ1) is 6.77. The number of rotatable bonds is 3. The summed E-state index contributed by atoms with van der Waals surface area (Å²) in [7, 11) is 0. The predicted molar refractivity (Wildman–Crippen MR) is 54.6 cm³/mol. The van der Waals surface area contributed by atoms with E-state index in [1.807, 2.05) is 6.07 Å². The molecule has 0 heterocycles. The fourth-order valence-corrected chi connectivity index (χ4v) is 1.04. The summed E-state index contributed by atoms with van der Waals surface area (Å²) in [6, 6.07) is 6.80. The molecule has 0 amide bonds. The van der Waals surface area contributed by atoms with Gasteiger partial charge in [0.2, 0.25) is 0 Å². The Bertz CT molecular complexity index is 404. The summed E-state index contributed by atoms with van der Waals surface area (Å²) in [6.07, 6.45) is 4.99. The van der Waals surface area contributed by atoms with Crippen LogP contribution in [0.3, 0.4) is 0 Å². The molecule has 0 fully saturated rings. The summed E-state index contributed by atoms with van der Waals surface area (Å²) >= 11 is 5.84. The molecule has 0 saturated heterocycles. The number of nitrogens with zero attached hydrogens (tertiary/aromatic N) is 1. The first kappa shape index (κ1) is 10.4. The Morgan fingerprint density at radius 3 is 2.93 bits per heavy atom. The van der Waals surface area contributed by atoms with Gasteiger partial charge in [-0.1, -0.05) is 17.5 Å². The van der Waals surface area contributed by atoms with Crippen molar-refractivity contribution >= 4 is 17.3 Å². The van der Waals surface area contributed by atoms with Gasteiger partial charge < -0.3 is 0 Å². The maximum Gasteiger partial charge on any atom is 0.135 e. The van der Waals surface area contributed by atoms with Gasteiger partial charge >= 0.3 is 0 Å². The Kier molecular flexibility index (Phi) is 3.82. The van der Waals surface area contributed by atoms with Crippen LogP contribution in [0.4, 0.5) is 5.69 Å². The van der Waals surface area contributed by atoms with E-state index >= 15 is 0 Å². The first-order valence-corrected chi connectivity index (χ1v) is 4.16. The highest BCUT2D eigenvalue weighted by atomic mass is 35.5. The fraction of sp³-hybridized carbons (Fsp3) is 0.100. The normalized spacial score (nSPS) is 8.79. The van der Waals surface area contributed by atoms with Gasteiger partial charge in [-0.25, -0.2) is 0 Å². The molecule has 0 unspecified atom stereocenters. The lowest BCUT2D eigenvalue weighted by Gasteiger charge is -2.06. The van der Waals surface area contributed by atoms with Crippen molar-refractivity contribution in [2.24, 2.45) is 0 Å². The number of benzene rings is 1. The largest absolute Gasteiger partial charge is 0.264 e. The number of nitrogens with one attached hydrogen (secondary N) is 1. The average Bonchev–Trinajstić information content (AvgIpc) is 2.20. The zero-order chi connectivity index (χ0) is 10.4. The van der Waals surface area contributed by atoms with Crippen LogP contribution < -0.4 is 5.48 Å². The van der Waals surface area contributed by atoms with E-state index in [0.717, 1.165) is 0 Å². The van der Waals surface area contributed by atoms with Crippen LogP contribution >= 0.6 is 11.6 Å². The third-order valence-corrected chi connectivity index (χ3v) is 1.75. The van der Waals surface area contributed by atoms with Gasteiger partial charge in [0.05, 0.1) is 22.3 Å². The summed E-state index contributed by atoms with van der Waals surface area (Å²) in [5, 5.41) is 9.00. The SMILES string of the molecule is C#CCONc1ccc(C#N)cc1Cl. The molecular formula is C10H7ClN2O. The Hall–Kier alpha value is -1.68. The van der Waals surface area contributed by atoms with Crippen LogP contribution in [-0.4, -0.2) is 6.61 Å². The molecule has 0 aliphatic carbocycles. The number of anilines is 1. The average molecular weight is 207 g/mol. The molecule has 1 aromatic carbocycles. The second-order valence-corrected chi connectivity index (χ2v) is 2.81. The van der Waals surface area contributed by atoms with E-state index in [9.17, 15) is 0 Å². The van der Waals surface area contributed by atoms with Crippen LogP contribution in [0.25, 0.3) is 0 Å². The molecule has 14 heavy (non-hydrogen) atoms. The van der Waals surface area contributed by atoms with Crippen LogP contribution in [0, 0.1) is 23.7 Å². The molecule has 0 aliphatic rings. The quantitative estimate of drug-likeness (QED) is 0.469. The van der Waals surface area contributed by atoms with Crippen molar-refractivity contribution in [2.75, 3.05) is 12.1 Å². The molecule has 0 bridgehead atoms. The predicted octanol–water partition coefficient (Wildman–Crippen LogP) is 2.19. The Morgan fingerprint density at radius 1 is 1.57 bits per heavy atom. The van der Waals surface area contributed by atoms with Crippen molar-refractivity contribution in [1.82, 2.24) is 0 Å². The van der Waals surface area contributed by atoms with Crippen molar-refractivity contribution < 1.29 is 4.84 Å². The monoisotopic (exact) mass is 206 g/mol. The van der Waals surface area contributed by atoms with Crippen LogP contribution in [0.1, 0.15) is 5.56 Å². The highest BCUT2D eigenvalue weighted by Gasteiger charge is 2.00. The van der Waals surface area contributed by atoms with Crippen molar-refractivity contribution in [1.29, 1.82) is 5.26 Å². The van der Waals surface area contributed by atoms with E-state index in [1.165, 1.54) is 0 Å². The second kappa shape index (κ2) is 5.14. The van der Waals surface area contributed by atoms with E-state index in [4.69, 9.17) is 28.1 Å². The van der Waals surface area contributed by atoms with Crippen LogP contribution in [0.5, 0.6) is 0 Å². The van der Waals surface area contributed by atoms with E-state index in [0.29, 0.717) is 16.3 Å². The Morgan fingerprint density at radius 2 is 2.36 bits per heavy atom. The molecule has 1 aromatic rings. The molecule has 0 aromatic heterocycles. The molecule has 4 heteroatoms. The molecule has 0 radical (unpaired) electrons. The summed E-state index contributed by atoms with van der Waals surface area (Å²) in [6.45, 7) is 0.149. The van der Waals surface area contributed by atoms with E-state index in [1.54, 1.807) is 18.2 Å². The smallest absolute Gasteiger partial charge is 0.135 e. The number of hydrogen-bond donors (Lipinski definition) is 1. The fourth-order valence-electron chi connectivity index (χ4n) is 0.823. The van der Waals surface area contributed by atoms with Gasteiger partial charge in [-0.05, 0) is 18.2 Å². The highest BCUT2D eigenvalue weighted by Crippen LogP contribution is 2.22. The summed E-state index contributed by atoms with van der Waals surface area (Å²) in [5.41, 5.74) is 3.66.